The Labute approximate surface area is 207 Å². The Hall–Kier alpha value is -3.64. The van der Waals surface area contributed by atoms with Crippen molar-refractivity contribution in [1.29, 1.82) is 0 Å². The highest BCUT2D eigenvalue weighted by Gasteiger charge is 2.24. The van der Waals surface area contributed by atoms with Gasteiger partial charge >= 0.3 is 0 Å². The minimum atomic E-state index is -0.835. The molecule has 0 aliphatic rings. The van der Waals surface area contributed by atoms with Gasteiger partial charge in [0.05, 0.1) is 18.8 Å². The van der Waals surface area contributed by atoms with Crippen LogP contribution in [0, 0.1) is 0 Å². The first kappa shape index (κ1) is 23.1. The molecule has 0 N–H and O–H groups in total. The van der Waals surface area contributed by atoms with E-state index in [1.807, 2.05) is 36.4 Å². The molecule has 0 aliphatic carbocycles. The van der Waals surface area contributed by atoms with E-state index in [1.165, 1.54) is 15.9 Å². The molecule has 3 heterocycles. The molecule has 0 amide bonds. The highest BCUT2D eigenvalue weighted by Crippen LogP contribution is 2.33. The minimum Gasteiger partial charge on any atom is -0.464 e. The van der Waals surface area contributed by atoms with Crippen LogP contribution in [0.15, 0.2) is 159 Å². The molecule has 0 atom stereocenters. The molecular formula is C30H24O3P2. The quantitative estimate of drug-likeness (QED) is 0.280. The lowest BCUT2D eigenvalue weighted by atomic mass is 10.4. The minimum absolute atomic E-state index is 0.446. The van der Waals surface area contributed by atoms with Crippen LogP contribution in [0.4, 0.5) is 0 Å². The third-order valence-corrected chi connectivity index (χ3v) is 9.75. The highest BCUT2D eigenvalue weighted by atomic mass is 31.1. The van der Waals surface area contributed by atoms with Crippen LogP contribution in [0.3, 0.4) is 0 Å². The van der Waals surface area contributed by atoms with Gasteiger partial charge in [0.15, 0.2) is 0 Å². The number of rotatable bonds is 6. The largest absolute Gasteiger partial charge is 0.464 e. The summed E-state index contributed by atoms with van der Waals surface area (Å²) in [5.41, 5.74) is 2.62. The maximum Gasteiger partial charge on any atom is 0.140 e. The fourth-order valence-electron chi connectivity index (χ4n) is 3.70. The van der Waals surface area contributed by atoms with E-state index >= 15 is 0 Å². The van der Waals surface area contributed by atoms with E-state index in [0.717, 1.165) is 16.5 Å². The Bertz CT molecular complexity index is 1190. The molecule has 0 radical (unpaired) electrons. The molecule has 35 heavy (non-hydrogen) atoms. The summed E-state index contributed by atoms with van der Waals surface area (Å²) in [5, 5.41) is 4.19. The first-order valence-corrected chi connectivity index (χ1v) is 13.9. The average molecular weight is 494 g/mol. The molecule has 3 nitrogen and oxygen atoms in total. The monoisotopic (exact) mass is 494 g/mol. The van der Waals surface area contributed by atoms with Gasteiger partial charge < -0.3 is 13.3 Å². The third kappa shape index (κ3) is 5.72. The summed E-state index contributed by atoms with van der Waals surface area (Å²) in [5.74, 6) is 0. The molecule has 3 aromatic carbocycles. The van der Waals surface area contributed by atoms with Crippen molar-refractivity contribution in [3.8, 4) is 0 Å². The van der Waals surface area contributed by atoms with Crippen molar-refractivity contribution in [3.05, 3.63) is 146 Å². The molecule has 6 aromatic rings. The van der Waals surface area contributed by atoms with Gasteiger partial charge in [0, 0.05) is 0 Å². The second-order valence-corrected chi connectivity index (χ2v) is 11.7. The number of benzene rings is 3. The summed E-state index contributed by atoms with van der Waals surface area (Å²) in [4.78, 5) is 0. The van der Waals surface area contributed by atoms with E-state index in [0.29, 0.717) is 0 Å². The predicted molar refractivity (Wildman–Crippen MR) is 147 cm³/mol. The lowest BCUT2D eigenvalue weighted by molar-refractivity contribution is 0.584. The maximum atomic E-state index is 5.45. The normalized spacial score (nSPS) is 10.8. The standard InChI is InChI=1S/C18H15P.C12H9O3P/c1-4-10-16(11-5-1)19(17-12-6-2-7-13-17)18-14-8-3-9-15-18;1-4-10(13-7-1)16(11-5-2-8-14-11)12-6-3-9-15-12/h1-15H;1-9H. The summed E-state index contributed by atoms with van der Waals surface area (Å²) >= 11 is 0. The molecule has 172 valence electrons. The topological polar surface area (TPSA) is 39.4 Å². The van der Waals surface area contributed by atoms with E-state index in [4.69, 9.17) is 13.3 Å². The molecule has 0 saturated heterocycles. The molecule has 3 aromatic heterocycles. The van der Waals surface area contributed by atoms with Crippen molar-refractivity contribution < 1.29 is 13.3 Å². The van der Waals surface area contributed by atoms with Gasteiger partial charge in [-0.1, -0.05) is 91.0 Å². The molecular weight excluding hydrogens is 470 g/mol. The molecule has 0 unspecified atom stereocenters. The van der Waals surface area contributed by atoms with Gasteiger partial charge in [0.1, 0.15) is 24.4 Å². The Kier molecular flexibility index (Phi) is 7.71. The van der Waals surface area contributed by atoms with Gasteiger partial charge in [-0.3, -0.25) is 0 Å². The van der Waals surface area contributed by atoms with E-state index < -0.39 is 15.8 Å². The van der Waals surface area contributed by atoms with Crippen molar-refractivity contribution in [1.82, 2.24) is 0 Å². The van der Waals surface area contributed by atoms with Crippen LogP contribution in [-0.2, 0) is 0 Å². The number of furan rings is 3. The van der Waals surface area contributed by atoms with Crippen LogP contribution in [-0.4, -0.2) is 0 Å². The molecule has 0 fully saturated rings. The Balaban J connectivity index is 0.000000147. The van der Waals surface area contributed by atoms with Gasteiger partial charge in [-0.25, -0.2) is 0 Å². The van der Waals surface area contributed by atoms with Gasteiger partial charge in [0.2, 0.25) is 0 Å². The Morgan fingerprint density at radius 3 is 0.886 bits per heavy atom. The Morgan fingerprint density at radius 2 is 0.629 bits per heavy atom. The molecule has 0 bridgehead atoms. The van der Waals surface area contributed by atoms with Crippen LogP contribution < -0.4 is 32.4 Å². The van der Waals surface area contributed by atoms with Crippen molar-refractivity contribution in [2.75, 3.05) is 0 Å². The van der Waals surface area contributed by atoms with Crippen molar-refractivity contribution >= 4 is 48.3 Å². The number of hydrogen-bond acceptors (Lipinski definition) is 3. The summed E-state index contributed by atoms with van der Waals surface area (Å²) < 4.78 is 16.4. The summed E-state index contributed by atoms with van der Waals surface area (Å²) in [7, 11) is -1.28. The lowest BCUT2D eigenvalue weighted by Crippen LogP contribution is -2.20. The first-order chi connectivity index (χ1) is 17.4. The molecule has 5 heteroatoms. The van der Waals surface area contributed by atoms with Crippen LogP contribution in [0.1, 0.15) is 0 Å². The molecule has 0 aliphatic heterocycles. The first-order valence-electron chi connectivity index (χ1n) is 11.3. The second-order valence-electron chi connectivity index (χ2n) is 7.53. The smallest absolute Gasteiger partial charge is 0.140 e. The van der Waals surface area contributed by atoms with Crippen LogP contribution in [0.5, 0.6) is 0 Å². The van der Waals surface area contributed by atoms with Gasteiger partial charge in [-0.05, 0) is 60.2 Å². The third-order valence-electron chi connectivity index (χ3n) is 5.22. The average Bonchev–Trinajstić information content (AvgIpc) is 3.72. The molecule has 6 rings (SSSR count). The SMILES string of the molecule is c1ccc(P(c2ccccc2)c2ccccc2)cc1.c1coc(P(c2ccco2)c2ccco2)c1. The van der Waals surface area contributed by atoms with Crippen LogP contribution in [0.25, 0.3) is 0 Å². The maximum absolute atomic E-state index is 5.45. The van der Waals surface area contributed by atoms with Gasteiger partial charge in [-0.15, -0.1) is 0 Å². The van der Waals surface area contributed by atoms with Gasteiger partial charge in [0.25, 0.3) is 0 Å². The zero-order chi connectivity index (χ0) is 23.7. The van der Waals surface area contributed by atoms with Crippen LogP contribution in [0.2, 0.25) is 0 Å². The predicted octanol–water partition coefficient (Wildman–Crippen LogP) is 5.67. The summed E-state index contributed by atoms with van der Waals surface area (Å²) in [6.45, 7) is 0. The fourth-order valence-corrected chi connectivity index (χ4v) is 7.86. The van der Waals surface area contributed by atoms with Gasteiger partial charge in [-0.2, -0.15) is 0 Å². The highest BCUT2D eigenvalue weighted by molar-refractivity contribution is 7.80. The number of hydrogen-bond donors (Lipinski definition) is 0. The molecule has 0 saturated carbocycles. The van der Waals surface area contributed by atoms with Crippen molar-refractivity contribution in [3.63, 3.8) is 0 Å². The van der Waals surface area contributed by atoms with Crippen molar-refractivity contribution in [2.24, 2.45) is 0 Å². The zero-order valence-electron chi connectivity index (χ0n) is 19.0. The second kappa shape index (κ2) is 11.7. The lowest BCUT2D eigenvalue weighted by Gasteiger charge is -2.18. The summed E-state index contributed by atoms with van der Waals surface area (Å²) in [6, 6.07) is 43.8. The van der Waals surface area contributed by atoms with E-state index in [9.17, 15) is 0 Å². The fraction of sp³-hybridized carbons (Fsp3) is 0. The Morgan fingerprint density at radius 1 is 0.314 bits per heavy atom. The van der Waals surface area contributed by atoms with E-state index in [1.54, 1.807) is 18.8 Å². The summed E-state index contributed by atoms with van der Waals surface area (Å²) in [6.07, 6.45) is 4.99. The van der Waals surface area contributed by atoms with Crippen LogP contribution >= 0.6 is 15.8 Å². The zero-order valence-corrected chi connectivity index (χ0v) is 20.8. The van der Waals surface area contributed by atoms with Crippen molar-refractivity contribution in [2.45, 2.75) is 0 Å². The van der Waals surface area contributed by atoms with E-state index in [-0.39, 0.29) is 0 Å². The van der Waals surface area contributed by atoms with E-state index in [2.05, 4.69) is 91.0 Å². The molecule has 0 spiro atoms.